The highest BCUT2D eigenvalue weighted by Gasteiger charge is 2.32. The van der Waals surface area contributed by atoms with Crippen molar-refractivity contribution in [2.75, 3.05) is 10.6 Å². The standard InChI is InChI=1S/C12H16N2O/c1-4-8-5-6-9-10(7-8)14-12(2,3)11(15)13-9/h5-7,14H,4H2,1-3H3,(H,13,15). The number of rotatable bonds is 1. The maximum atomic E-state index is 11.7. The molecule has 0 atom stereocenters. The van der Waals surface area contributed by atoms with Crippen LogP contribution in [0, 0.1) is 0 Å². The van der Waals surface area contributed by atoms with Crippen LogP contribution in [0.5, 0.6) is 0 Å². The Morgan fingerprint density at radius 1 is 1.27 bits per heavy atom. The summed E-state index contributed by atoms with van der Waals surface area (Å²) in [6.07, 6.45) is 1.00. The molecular formula is C12H16N2O. The highest BCUT2D eigenvalue weighted by Crippen LogP contribution is 2.31. The molecular weight excluding hydrogens is 188 g/mol. The van der Waals surface area contributed by atoms with E-state index in [1.54, 1.807) is 0 Å². The summed E-state index contributed by atoms with van der Waals surface area (Å²) in [5, 5.41) is 6.15. The number of nitrogens with one attached hydrogen (secondary N) is 2. The van der Waals surface area contributed by atoms with Gasteiger partial charge in [0, 0.05) is 0 Å². The molecule has 0 aliphatic carbocycles. The van der Waals surface area contributed by atoms with Crippen molar-refractivity contribution in [2.45, 2.75) is 32.7 Å². The largest absolute Gasteiger partial charge is 0.370 e. The lowest BCUT2D eigenvalue weighted by molar-refractivity contribution is -0.119. The molecule has 1 amide bonds. The average molecular weight is 204 g/mol. The lowest BCUT2D eigenvalue weighted by atomic mass is 9.99. The minimum Gasteiger partial charge on any atom is -0.370 e. The van der Waals surface area contributed by atoms with Crippen molar-refractivity contribution in [3.63, 3.8) is 0 Å². The Hall–Kier alpha value is -1.51. The summed E-state index contributed by atoms with van der Waals surface area (Å²) in [5.74, 6) is 0.0132. The van der Waals surface area contributed by atoms with E-state index < -0.39 is 5.54 Å². The van der Waals surface area contributed by atoms with Crippen molar-refractivity contribution in [1.29, 1.82) is 0 Å². The predicted molar refractivity (Wildman–Crippen MR) is 62.2 cm³/mol. The second kappa shape index (κ2) is 3.26. The van der Waals surface area contributed by atoms with Crippen LogP contribution >= 0.6 is 0 Å². The van der Waals surface area contributed by atoms with Crippen molar-refractivity contribution in [3.8, 4) is 0 Å². The quantitative estimate of drug-likeness (QED) is 0.737. The van der Waals surface area contributed by atoms with E-state index in [0.717, 1.165) is 17.8 Å². The van der Waals surface area contributed by atoms with E-state index in [0.29, 0.717) is 0 Å². The summed E-state index contributed by atoms with van der Waals surface area (Å²) >= 11 is 0. The van der Waals surface area contributed by atoms with Gasteiger partial charge in [-0.05, 0) is 38.0 Å². The Bertz CT molecular complexity index is 410. The van der Waals surface area contributed by atoms with Gasteiger partial charge in [-0.25, -0.2) is 0 Å². The van der Waals surface area contributed by atoms with Crippen molar-refractivity contribution >= 4 is 17.3 Å². The van der Waals surface area contributed by atoms with E-state index in [4.69, 9.17) is 0 Å². The topological polar surface area (TPSA) is 41.1 Å². The van der Waals surface area contributed by atoms with Gasteiger partial charge in [-0.3, -0.25) is 4.79 Å². The first-order valence-corrected chi connectivity index (χ1v) is 5.25. The minimum atomic E-state index is -0.528. The van der Waals surface area contributed by atoms with Crippen molar-refractivity contribution in [2.24, 2.45) is 0 Å². The smallest absolute Gasteiger partial charge is 0.249 e. The third-order valence-electron chi connectivity index (χ3n) is 2.76. The molecule has 1 aromatic carbocycles. The van der Waals surface area contributed by atoms with Gasteiger partial charge in [0.1, 0.15) is 5.54 Å². The van der Waals surface area contributed by atoms with Crippen LogP contribution in [0.1, 0.15) is 26.3 Å². The molecule has 0 saturated heterocycles. The summed E-state index contributed by atoms with van der Waals surface area (Å²) in [6.45, 7) is 5.88. The molecule has 2 rings (SSSR count). The maximum absolute atomic E-state index is 11.7. The number of carbonyl (C=O) groups excluding carboxylic acids is 1. The van der Waals surface area contributed by atoms with E-state index in [9.17, 15) is 4.79 Å². The molecule has 80 valence electrons. The fraction of sp³-hybridized carbons (Fsp3) is 0.417. The predicted octanol–water partition coefficient (Wildman–Crippen LogP) is 2.39. The van der Waals surface area contributed by atoms with Gasteiger partial charge in [0.15, 0.2) is 0 Å². The van der Waals surface area contributed by atoms with Gasteiger partial charge in [0.25, 0.3) is 0 Å². The van der Waals surface area contributed by atoms with Gasteiger partial charge >= 0.3 is 0 Å². The fourth-order valence-corrected chi connectivity index (χ4v) is 1.70. The molecule has 3 nitrogen and oxygen atoms in total. The van der Waals surface area contributed by atoms with Crippen LogP contribution in [-0.4, -0.2) is 11.4 Å². The molecule has 1 aliphatic rings. The number of aryl methyl sites for hydroxylation is 1. The van der Waals surface area contributed by atoms with Gasteiger partial charge in [0.2, 0.25) is 5.91 Å². The number of fused-ring (bicyclic) bond motifs is 1. The van der Waals surface area contributed by atoms with E-state index >= 15 is 0 Å². The molecule has 0 spiro atoms. The number of hydrogen-bond acceptors (Lipinski definition) is 2. The first-order valence-electron chi connectivity index (χ1n) is 5.25. The van der Waals surface area contributed by atoms with Gasteiger partial charge < -0.3 is 10.6 Å². The lowest BCUT2D eigenvalue weighted by Gasteiger charge is -2.33. The van der Waals surface area contributed by atoms with Crippen LogP contribution in [0.15, 0.2) is 18.2 Å². The Kier molecular flexibility index (Phi) is 2.18. The Morgan fingerprint density at radius 2 is 2.00 bits per heavy atom. The zero-order valence-corrected chi connectivity index (χ0v) is 9.35. The zero-order valence-electron chi connectivity index (χ0n) is 9.35. The third kappa shape index (κ3) is 1.69. The maximum Gasteiger partial charge on any atom is 0.249 e. The molecule has 0 bridgehead atoms. The fourth-order valence-electron chi connectivity index (χ4n) is 1.70. The third-order valence-corrected chi connectivity index (χ3v) is 2.76. The van der Waals surface area contributed by atoms with E-state index in [1.807, 2.05) is 26.0 Å². The number of carbonyl (C=O) groups is 1. The van der Waals surface area contributed by atoms with Crippen LogP contribution in [-0.2, 0) is 11.2 Å². The second-order valence-electron chi connectivity index (χ2n) is 4.44. The molecule has 0 saturated carbocycles. The molecule has 15 heavy (non-hydrogen) atoms. The molecule has 1 aliphatic heterocycles. The number of anilines is 2. The zero-order chi connectivity index (χ0) is 11.1. The second-order valence-corrected chi connectivity index (χ2v) is 4.44. The summed E-state index contributed by atoms with van der Waals surface area (Å²) < 4.78 is 0. The molecule has 1 aromatic rings. The van der Waals surface area contributed by atoms with E-state index in [2.05, 4.69) is 23.6 Å². The van der Waals surface area contributed by atoms with Gasteiger partial charge in [0.05, 0.1) is 11.4 Å². The Morgan fingerprint density at radius 3 is 2.67 bits per heavy atom. The van der Waals surface area contributed by atoms with Gasteiger partial charge in [-0.1, -0.05) is 13.0 Å². The summed E-state index contributed by atoms with van der Waals surface area (Å²) in [7, 11) is 0. The molecule has 0 radical (unpaired) electrons. The van der Waals surface area contributed by atoms with Gasteiger partial charge in [-0.15, -0.1) is 0 Å². The van der Waals surface area contributed by atoms with E-state index in [-0.39, 0.29) is 5.91 Å². The molecule has 0 fully saturated rings. The summed E-state index contributed by atoms with van der Waals surface area (Å²) in [5.41, 5.74) is 2.63. The summed E-state index contributed by atoms with van der Waals surface area (Å²) in [4.78, 5) is 11.7. The molecule has 3 heteroatoms. The highest BCUT2D eigenvalue weighted by atomic mass is 16.2. The van der Waals surface area contributed by atoms with Crippen molar-refractivity contribution < 1.29 is 4.79 Å². The van der Waals surface area contributed by atoms with Crippen molar-refractivity contribution in [1.82, 2.24) is 0 Å². The van der Waals surface area contributed by atoms with Crippen LogP contribution in [0.3, 0.4) is 0 Å². The number of hydrogen-bond donors (Lipinski definition) is 2. The SMILES string of the molecule is CCc1ccc2c(c1)NC(C)(C)C(=O)N2. The first-order chi connectivity index (χ1) is 7.03. The van der Waals surface area contributed by atoms with Crippen LogP contribution in [0.4, 0.5) is 11.4 Å². The van der Waals surface area contributed by atoms with Crippen LogP contribution in [0.25, 0.3) is 0 Å². The molecule has 0 aromatic heterocycles. The molecule has 1 heterocycles. The average Bonchev–Trinajstić information content (AvgIpc) is 2.18. The van der Waals surface area contributed by atoms with Crippen LogP contribution < -0.4 is 10.6 Å². The first kappa shape index (κ1) is 10.0. The normalized spacial score (nSPS) is 17.7. The van der Waals surface area contributed by atoms with Crippen molar-refractivity contribution in [3.05, 3.63) is 23.8 Å². The highest BCUT2D eigenvalue weighted by molar-refractivity contribution is 6.05. The monoisotopic (exact) mass is 204 g/mol. The Labute approximate surface area is 89.9 Å². The molecule has 0 unspecified atom stereocenters. The van der Waals surface area contributed by atoms with E-state index in [1.165, 1.54) is 5.56 Å². The number of benzene rings is 1. The molecule has 2 N–H and O–H groups in total. The lowest BCUT2D eigenvalue weighted by Crippen LogP contribution is -2.47. The minimum absolute atomic E-state index is 0.0132. The Balaban J connectivity index is 2.42. The van der Waals surface area contributed by atoms with Crippen LogP contribution in [0.2, 0.25) is 0 Å². The number of amides is 1. The summed E-state index contributed by atoms with van der Waals surface area (Å²) in [6, 6.07) is 6.09. The van der Waals surface area contributed by atoms with Gasteiger partial charge in [-0.2, -0.15) is 0 Å².